The SMILES string of the molecule is CC[C@@H](C)c1ccccc1NC(=O)[C@H](C)[NH+]1CC[NH+](Cc2ccc3c(c2)CCO3)CC1. The average Bonchev–Trinajstić information content (AvgIpc) is 3.27. The van der Waals surface area contributed by atoms with Crippen molar-refractivity contribution >= 4 is 11.6 Å². The predicted octanol–water partition coefficient (Wildman–Crippen LogP) is 1.45. The third-order valence-electron chi connectivity index (χ3n) is 7.17. The highest BCUT2D eigenvalue weighted by atomic mass is 16.5. The van der Waals surface area contributed by atoms with Crippen LogP contribution in [0.25, 0.3) is 0 Å². The first-order chi connectivity index (χ1) is 15.0. The molecule has 3 N–H and O–H groups in total. The van der Waals surface area contributed by atoms with Gasteiger partial charge in [0.05, 0.1) is 6.61 Å². The van der Waals surface area contributed by atoms with Crippen molar-refractivity contribution < 1.29 is 19.3 Å². The smallest absolute Gasteiger partial charge is 0.282 e. The number of amides is 1. The summed E-state index contributed by atoms with van der Waals surface area (Å²) in [6.45, 7) is 12.6. The Kier molecular flexibility index (Phi) is 6.93. The molecule has 2 atom stereocenters. The quantitative estimate of drug-likeness (QED) is 0.631. The van der Waals surface area contributed by atoms with Crippen molar-refractivity contribution in [3.05, 3.63) is 59.2 Å². The van der Waals surface area contributed by atoms with E-state index in [1.54, 1.807) is 4.90 Å². The molecule has 2 aromatic rings. The highest BCUT2D eigenvalue weighted by Crippen LogP contribution is 2.27. The molecule has 0 unspecified atom stereocenters. The van der Waals surface area contributed by atoms with Gasteiger partial charge < -0.3 is 19.9 Å². The Morgan fingerprint density at radius 3 is 2.65 bits per heavy atom. The van der Waals surface area contributed by atoms with Crippen molar-refractivity contribution in [2.75, 3.05) is 38.1 Å². The van der Waals surface area contributed by atoms with E-state index < -0.39 is 0 Å². The van der Waals surface area contributed by atoms with Crippen LogP contribution >= 0.6 is 0 Å². The van der Waals surface area contributed by atoms with E-state index in [0.717, 1.165) is 63.6 Å². The minimum absolute atomic E-state index is 0.0383. The summed E-state index contributed by atoms with van der Waals surface area (Å²) in [5.74, 6) is 1.63. The second-order valence-electron chi connectivity index (χ2n) is 9.23. The van der Waals surface area contributed by atoms with Gasteiger partial charge in [0.15, 0.2) is 6.04 Å². The number of hydrogen-bond donors (Lipinski definition) is 3. The number of para-hydroxylation sites is 1. The lowest BCUT2D eigenvalue weighted by Crippen LogP contribution is -3.29. The number of carbonyl (C=O) groups excluding carboxylic acids is 1. The zero-order chi connectivity index (χ0) is 21.8. The molecule has 4 rings (SSSR count). The fourth-order valence-electron chi connectivity index (χ4n) is 4.86. The second kappa shape index (κ2) is 9.84. The number of ether oxygens (including phenoxy) is 1. The second-order valence-corrected chi connectivity index (χ2v) is 9.23. The van der Waals surface area contributed by atoms with Crippen LogP contribution in [-0.2, 0) is 17.8 Å². The molecular formula is C26H37N3O2+2. The topological polar surface area (TPSA) is 47.2 Å². The molecule has 0 radical (unpaired) electrons. The van der Waals surface area contributed by atoms with Crippen LogP contribution in [-0.4, -0.2) is 44.7 Å². The van der Waals surface area contributed by atoms with Crippen LogP contribution in [0.2, 0.25) is 0 Å². The number of anilines is 1. The fraction of sp³-hybridized carbons (Fsp3) is 0.500. The maximum Gasteiger partial charge on any atom is 0.282 e. The zero-order valence-corrected chi connectivity index (χ0v) is 19.2. The molecule has 2 heterocycles. The minimum atomic E-state index is -0.0383. The van der Waals surface area contributed by atoms with Gasteiger partial charge in [-0.3, -0.25) is 4.79 Å². The van der Waals surface area contributed by atoms with Gasteiger partial charge in [-0.05, 0) is 54.7 Å². The van der Waals surface area contributed by atoms with Gasteiger partial charge in [0, 0.05) is 17.7 Å². The molecule has 2 aliphatic rings. The van der Waals surface area contributed by atoms with E-state index in [1.165, 1.54) is 21.6 Å². The number of fused-ring (bicyclic) bond motifs is 1. The third-order valence-corrected chi connectivity index (χ3v) is 7.17. The molecule has 0 saturated carbocycles. The first-order valence-electron chi connectivity index (χ1n) is 11.9. The van der Waals surface area contributed by atoms with Crippen LogP contribution in [0.5, 0.6) is 5.75 Å². The average molecular weight is 424 g/mol. The van der Waals surface area contributed by atoms with E-state index in [9.17, 15) is 4.79 Å². The molecule has 0 bridgehead atoms. The lowest BCUT2D eigenvalue weighted by Gasteiger charge is -2.32. The molecule has 31 heavy (non-hydrogen) atoms. The van der Waals surface area contributed by atoms with Gasteiger partial charge in [-0.1, -0.05) is 32.0 Å². The van der Waals surface area contributed by atoms with E-state index in [-0.39, 0.29) is 11.9 Å². The molecule has 0 spiro atoms. The summed E-state index contributed by atoms with van der Waals surface area (Å²) in [5, 5.41) is 3.22. The Bertz CT molecular complexity index is 905. The van der Waals surface area contributed by atoms with E-state index in [1.807, 2.05) is 12.1 Å². The van der Waals surface area contributed by atoms with E-state index in [4.69, 9.17) is 4.74 Å². The van der Waals surface area contributed by atoms with Gasteiger partial charge >= 0.3 is 0 Å². The molecule has 1 amide bonds. The third kappa shape index (κ3) is 5.10. The Morgan fingerprint density at radius 1 is 1.10 bits per heavy atom. The van der Waals surface area contributed by atoms with Gasteiger partial charge in [0.1, 0.15) is 38.5 Å². The molecule has 1 fully saturated rings. The van der Waals surface area contributed by atoms with E-state index in [0.29, 0.717) is 5.92 Å². The predicted molar refractivity (Wildman–Crippen MR) is 124 cm³/mol. The lowest BCUT2D eigenvalue weighted by molar-refractivity contribution is -1.02. The lowest BCUT2D eigenvalue weighted by atomic mass is 9.97. The van der Waals surface area contributed by atoms with Crippen LogP contribution < -0.4 is 19.9 Å². The summed E-state index contributed by atoms with van der Waals surface area (Å²) in [6.07, 6.45) is 2.10. The number of benzene rings is 2. The summed E-state index contributed by atoms with van der Waals surface area (Å²) in [6, 6.07) is 14.8. The molecule has 5 heteroatoms. The van der Waals surface area contributed by atoms with Crippen molar-refractivity contribution in [3.63, 3.8) is 0 Å². The molecule has 5 nitrogen and oxygen atoms in total. The summed E-state index contributed by atoms with van der Waals surface area (Å²) < 4.78 is 5.63. The number of carbonyl (C=O) groups is 1. The first-order valence-corrected chi connectivity index (χ1v) is 11.9. The molecule has 2 aliphatic heterocycles. The zero-order valence-electron chi connectivity index (χ0n) is 19.2. The summed E-state index contributed by atoms with van der Waals surface area (Å²) in [4.78, 5) is 16.0. The summed E-state index contributed by atoms with van der Waals surface area (Å²) in [7, 11) is 0. The van der Waals surface area contributed by atoms with Crippen molar-refractivity contribution in [3.8, 4) is 5.75 Å². The normalized spacial score (nSPS) is 22.3. The molecule has 2 aromatic carbocycles. The summed E-state index contributed by atoms with van der Waals surface area (Å²) in [5.41, 5.74) is 4.95. The number of rotatable bonds is 7. The van der Waals surface area contributed by atoms with Gasteiger partial charge in [0.25, 0.3) is 5.91 Å². The van der Waals surface area contributed by atoms with Crippen LogP contribution in [0.3, 0.4) is 0 Å². The van der Waals surface area contributed by atoms with Crippen molar-refractivity contribution in [1.82, 2.24) is 0 Å². The maximum atomic E-state index is 13.0. The monoisotopic (exact) mass is 423 g/mol. The Labute approximate surface area is 186 Å². The standard InChI is InChI=1S/C26H35N3O2/c1-4-19(2)23-7-5-6-8-24(23)27-26(30)20(3)29-14-12-28(13-15-29)18-21-9-10-25-22(17-21)11-16-31-25/h5-10,17,19-20H,4,11-16,18H2,1-3H3,(H,27,30)/p+2/t19-,20+/m1/s1. The van der Waals surface area contributed by atoms with Gasteiger partial charge in [-0.15, -0.1) is 0 Å². The van der Waals surface area contributed by atoms with Crippen LogP contribution in [0.15, 0.2) is 42.5 Å². The van der Waals surface area contributed by atoms with Gasteiger partial charge in [-0.2, -0.15) is 0 Å². The van der Waals surface area contributed by atoms with Gasteiger partial charge in [0.2, 0.25) is 0 Å². The molecule has 0 aromatic heterocycles. The minimum Gasteiger partial charge on any atom is -0.493 e. The number of hydrogen-bond acceptors (Lipinski definition) is 2. The number of nitrogens with one attached hydrogen (secondary N) is 3. The Balaban J connectivity index is 1.30. The first kappa shape index (κ1) is 21.8. The van der Waals surface area contributed by atoms with Crippen molar-refractivity contribution in [2.24, 2.45) is 0 Å². The van der Waals surface area contributed by atoms with Crippen molar-refractivity contribution in [2.45, 2.75) is 52.1 Å². The number of quaternary nitrogens is 2. The molecule has 0 aliphatic carbocycles. The van der Waals surface area contributed by atoms with Crippen LogP contribution in [0, 0.1) is 0 Å². The largest absolute Gasteiger partial charge is 0.493 e. The molecule has 166 valence electrons. The van der Waals surface area contributed by atoms with Crippen LogP contribution in [0.4, 0.5) is 5.69 Å². The maximum absolute atomic E-state index is 13.0. The number of piperazine rings is 1. The summed E-state index contributed by atoms with van der Waals surface area (Å²) >= 11 is 0. The fourth-order valence-corrected chi connectivity index (χ4v) is 4.86. The van der Waals surface area contributed by atoms with Crippen molar-refractivity contribution in [1.29, 1.82) is 0 Å². The Morgan fingerprint density at radius 2 is 1.87 bits per heavy atom. The van der Waals surface area contributed by atoms with E-state index >= 15 is 0 Å². The Hall–Kier alpha value is -2.37. The van der Waals surface area contributed by atoms with Gasteiger partial charge in [-0.25, -0.2) is 0 Å². The van der Waals surface area contributed by atoms with Crippen LogP contribution in [0.1, 0.15) is 49.8 Å². The molecule has 1 saturated heterocycles. The highest BCUT2D eigenvalue weighted by molar-refractivity contribution is 5.94. The van der Waals surface area contributed by atoms with E-state index in [2.05, 4.69) is 56.4 Å². The molecular weight excluding hydrogens is 386 g/mol. The highest BCUT2D eigenvalue weighted by Gasteiger charge is 2.31.